The lowest BCUT2D eigenvalue weighted by Crippen LogP contribution is -3.00. The molecule has 0 aromatic heterocycles. The van der Waals surface area contributed by atoms with Crippen molar-refractivity contribution in [2.45, 2.75) is 19.8 Å². The number of allylic oxidation sites excluding steroid dienone is 6. The molecule has 0 spiro atoms. The van der Waals surface area contributed by atoms with E-state index in [1.807, 2.05) is 0 Å². The lowest BCUT2D eigenvalue weighted by atomic mass is 10.3. The standard InChI is InChI=1S/C28H30P.ClH/c1-2-3-4-5-6-7-8-18-25-29(26-19-12-9-13-20-26,27-21-14-10-15-22-27)28-23-16-11-17-24-28;/h3-4,6-24H,2,5,25H2,1H3;1H/q+1;/p-1/b4-3-,7-6+,18-8+;. The highest BCUT2D eigenvalue weighted by Gasteiger charge is 2.43. The van der Waals surface area contributed by atoms with Gasteiger partial charge in [-0.3, -0.25) is 0 Å². The molecule has 0 N–H and O–H groups in total. The smallest absolute Gasteiger partial charge is 0.115 e. The zero-order valence-electron chi connectivity index (χ0n) is 17.6. The summed E-state index contributed by atoms with van der Waals surface area (Å²) in [5.41, 5.74) is 0. The van der Waals surface area contributed by atoms with Crippen molar-refractivity contribution in [3.63, 3.8) is 0 Å². The maximum atomic E-state index is 2.35. The van der Waals surface area contributed by atoms with Crippen LogP contribution in [0.4, 0.5) is 0 Å². The summed E-state index contributed by atoms with van der Waals surface area (Å²) in [7, 11) is -1.75. The number of hydrogen-bond donors (Lipinski definition) is 0. The fourth-order valence-electron chi connectivity index (χ4n) is 3.61. The SMILES string of the molecule is CC/C=C\C/C=C/C=C/C[P+](c1ccccc1)(c1ccccc1)c1ccccc1.[Cl-]. The summed E-state index contributed by atoms with van der Waals surface area (Å²) in [5, 5.41) is 4.28. The van der Waals surface area contributed by atoms with Gasteiger partial charge in [-0.1, -0.05) is 91.9 Å². The second-order valence-electron chi connectivity index (χ2n) is 6.97. The summed E-state index contributed by atoms with van der Waals surface area (Å²) in [4.78, 5) is 0. The van der Waals surface area contributed by atoms with Crippen LogP contribution >= 0.6 is 7.26 Å². The Hall–Kier alpha value is -2.40. The van der Waals surface area contributed by atoms with E-state index >= 15 is 0 Å². The maximum absolute atomic E-state index is 2.35. The van der Waals surface area contributed by atoms with Crippen LogP contribution in [0.3, 0.4) is 0 Å². The third kappa shape index (κ3) is 6.05. The first kappa shape index (κ1) is 23.9. The molecule has 2 heteroatoms. The normalized spacial score (nSPS) is 11.9. The van der Waals surface area contributed by atoms with Gasteiger partial charge in [0.1, 0.15) is 23.2 Å². The van der Waals surface area contributed by atoms with Gasteiger partial charge in [-0.2, -0.15) is 0 Å². The van der Waals surface area contributed by atoms with Gasteiger partial charge < -0.3 is 12.4 Å². The molecule has 3 aromatic carbocycles. The van der Waals surface area contributed by atoms with Gasteiger partial charge in [-0.15, -0.1) is 0 Å². The topological polar surface area (TPSA) is 0 Å². The van der Waals surface area contributed by atoms with Crippen molar-refractivity contribution < 1.29 is 12.4 Å². The van der Waals surface area contributed by atoms with Gasteiger partial charge in [-0.25, -0.2) is 0 Å². The predicted octanol–water partition coefficient (Wildman–Crippen LogP) is 3.45. The summed E-state index contributed by atoms with van der Waals surface area (Å²) in [5.74, 6) is 0. The third-order valence-electron chi connectivity index (χ3n) is 5.03. The first-order valence-electron chi connectivity index (χ1n) is 10.4. The van der Waals surface area contributed by atoms with Crippen LogP contribution in [0.1, 0.15) is 19.8 Å². The number of rotatable bonds is 9. The highest BCUT2D eigenvalue weighted by Crippen LogP contribution is 2.55. The molecule has 0 nitrogen and oxygen atoms in total. The molecule has 0 radical (unpaired) electrons. The minimum atomic E-state index is -1.75. The zero-order chi connectivity index (χ0) is 20.2. The minimum Gasteiger partial charge on any atom is -1.00 e. The van der Waals surface area contributed by atoms with Crippen LogP contribution in [-0.4, -0.2) is 6.16 Å². The van der Waals surface area contributed by atoms with Crippen molar-refractivity contribution in [1.29, 1.82) is 0 Å². The Morgan fingerprint density at radius 2 is 1.00 bits per heavy atom. The average molecular weight is 433 g/mol. The van der Waals surface area contributed by atoms with Crippen molar-refractivity contribution in [2.75, 3.05) is 6.16 Å². The van der Waals surface area contributed by atoms with E-state index < -0.39 is 7.26 Å². The molecule has 3 rings (SSSR count). The van der Waals surface area contributed by atoms with Gasteiger partial charge in [0, 0.05) is 0 Å². The maximum Gasteiger partial charge on any atom is 0.115 e. The molecule has 30 heavy (non-hydrogen) atoms. The molecule has 0 aliphatic carbocycles. The zero-order valence-corrected chi connectivity index (χ0v) is 19.2. The molecular weight excluding hydrogens is 403 g/mol. The molecule has 0 atom stereocenters. The minimum absolute atomic E-state index is 0. The molecule has 0 fully saturated rings. The molecule has 0 amide bonds. The molecular formula is C28H30ClP. The molecule has 0 saturated carbocycles. The molecule has 3 aromatic rings. The fraction of sp³-hybridized carbons (Fsp3) is 0.143. The van der Waals surface area contributed by atoms with Gasteiger partial charge in [-0.05, 0) is 55.3 Å². The van der Waals surface area contributed by atoms with E-state index in [4.69, 9.17) is 0 Å². The van der Waals surface area contributed by atoms with Crippen LogP contribution in [0, 0.1) is 0 Å². The van der Waals surface area contributed by atoms with Gasteiger partial charge in [0.2, 0.25) is 0 Å². The van der Waals surface area contributed by atoms with Crippen molar-refractivity contribution in [3.8, 4) is 0 Å². The van der Waals surface area contributed by atoms with Crippen LogP contribution in [0.2, 0.25) is 0 Å². The largest absolute Gasteiger partial charge is 1.00 e. The Balaban J connectivity index is 0.00000320. The highest BCUT2D eigenvalue weighted by atomic mass is 35.5. The first-order chi connectivity index (χ1) is 14.4. The molecule has 0 bridgehead atoms. The quantitative estimate of drug-likeness (QED) is 0.276. The Morgan fingerprint density at radius 3 is 1.43 bits per heavy atom. The predicted molar refractivity (Wildman–Crippen MR) is 132 cm³/mol. The van der Waals surface area contributed by atoms with E-state index in [2.05, 4.69) is 134 Å². The van der Waals surface area contributed by atoms with Crippen molar-refractivity contribution in [2.24, 2.45) is 0 Å². The summed E-state index contributed by atoms with van der Waals surface area (Å²) in [6, 6.07) is 33.1. The summed E-state index contributed by atoms with van der Waals surface area (Å²) < 4.78 is 0. The Labute approximate surface area is 188 Å². The summed E-state index contributed by atoms with van der Waals surface area (Å²) in [6.07, 6.45) is 16.5. The second-order valence-corrected chi connectivity index (χ2v) is 10.5. The molecule has 0 heterocycles. The lowest BCUT2D eigenvalue weighted by molar-refractivity contribution is -0.00000569. The van der Waals surface area contributed by atoms with E-state index in [0.29, 0.717) is 0 Å². The van der Waals surface area contributed by atoms with Gasteiger partial charge in [0.25, 0.3) is 0 Å². The monoisotopic (exact) mass is 432 g/mol. The van der Waals surface area contributed by atoms with Gasteiger partial charge in [0.05, 0.1) is 6.16 Å². The van der Waals surface area contributed by atoms with E-state index in [1.165, 1.54) is 15.9 Å². The summed E-state index contributed by atoms with van der Waals surface area (Å²) >= 11 is 0. The second kappa shape index (κ2) is 13.0. The van der Waals surface area contributed by atoms with Gasteiger partial charge in [0.15, 0.2) is 0 Å². The average Bonchev–Trinajstić information content (AvgIpc) is 2.80. The number of hydrogen-bond acceptors (Lipinski definition) is 0. The number of benzene rings is 3. The fourth-order valence-corrected chi connectivity index (χ4v) is 7.62. The van der Waals surface area contributed by atoms with E-state index in [1.54, 1.807) is 0 Å². The molecule has 0 saturated heterocycles. The van der Waals surface area contributed by atoms with E-state index in [-0.39, 0.29) is 12.4 Å². The van der Waals surface area contributed by atoms with Crippen molar-refractivity contribution in [3.05, 3.63) is 127 Å². The van der Waals surface area contributed by atoms with Crippen LogP contribution in [0.25, 0.3) is 0 Å². The van der Waals surface area contributed by atoms with Crippen LogP contribution in [0.15, 0.2) is 127 Å². The number of halogens is 1. The Kier molecular flexibility index (Phi) is 10.4. The lowest BCUT2D eigenvalue weighted by Gasteiger charge is -2.26. The molecule has 154 valence electrons. The summed E-state index contributed by atoms with van der Waals surface area (Å²) in [6.45, 7) is 2.17. The van der Waals surface area contributed by atoms with Crippen molar-refractivity contribution >= 4 is 23.2 Å². The Bertz CT molecular complexity index is 831. The Morgan fingerprint density at radius 1 is 0.567 bits per heavy atom. The molecule has 0 aliphatic rings. The first-order valence-corrected chi connectivity index (χ1v) is 12.4. The molecule has 0 aliphatic heterocycles. The van der Waals surface area contributed by atoms with Crippen LogP contribution < -0.4 is 28.3 Å². The van der Waals surface area contributed by atoms with Gasteiger partial charge >= 0.3 is 0 Å². The van der Waals surface area contributed by atoms with E-state index in [9.17, 15) is 0 Å². The van der Waals surface area contributed by atoms with Crippen LogP contribution in [0.5, 0.6) is 0 Å². The van der Waals surface area contributed by atoms with E-state index in [0.717, 1.165) is 19.0 Å². The highest BCUT2D eigenvalue weighted by molar-refractivity contribution is 7.95. The van der Waals surface area contributed by atoms with Crippen LogP contribution in [-0.2, 0) is 0 Å². The third-order valence-corrected chi connectivity index (χ3v) is 9.33. The molecule has 0 unspecified atom stereocenters. The van der Waals surface area contributed by atoms with Crippen molar-refractivity contribution in [1.82, 2.24) is 0 Å².